The van der Waals surface area contributed by atoms with E-state index in [0.717, 1.165) is 0 Å². The van der Waals surface area contributed by atoms with E-state index in [1.165, 1.54) is 0 Å². The van der Waals surface area contributed by atoms with Crippen molar-refractivity contribution < 1.29 is 32.0 Å². The number of nitro groups is 1. The molecule has 0 saturated heterocycles. The topological polar surface area (TPSA) is 127 Å². The van der Waals surface area contributed by atoms with Gasteiger partial charge in [-0.1, -0.05) is 0 Å². The molecule has 0 aliphatic heterocycles. The van der Waals surface area contributed by atoms with Crippen molar-refractivity contribution in [1.82, 2.24) is 0 Å². The molecule has 0 heterocycles. The molecule has 0 unspecified atom stereocenters. The van der Waals surface area contributed by atoms with Crippen molar-refractivity contribution in [2.75, 3.05) is 10.5 Å². The van der Waals surface area contributed by atoms with Crippen LogP contribution in [0.1, 0.15) is 6.42 Å². The van der Waals surface area contributed by atoms with Crippen LogP contribution in [0.2, 0.25) is 0 Å². The van der Waals surface area contributed by atoms with Gasteiger partial charge in [-0.25, -0.2) is 12.8 Å². The Morgan fingerprint density at radius 2 is 1.95 bits per heavy atom. The summed E-state index contributed by atoms with van der Waals surface area (Å²) in [7, 11) is -4.22. The number of nitrogens with zero attached hydrogens (tertiary/aromatic N) is 1. The number of carbonyl (C=O) groups is 1. The average Bonchev–Trinajstić information content (AvgIpc) is 2.29. The maximum atomic E-state index is 13.3. The molecule has 110 valence electrons. The standard InChI is InChI=1S/C9H8F2N2O6S/c10-5-3-6(11)8(13(16)17)4-7(5)12-20(18,19)2-1-9(14)15/h3-4,12H,1-2H2,(H,14,15). The molecule has 1 rings (SSSR count). The minimum absolute atomic E-state index is 0.160. The average molecular weight is 310 g/mol. The van der Waals surface area contributed by atoms with Crippen LogP contribution in [0.3, 0.4) is 0 Å². The van der Waals surface area contributed by atoms with Crippen molar-refractivity contribution >= 4 is 27.4 Å². The Bertz CT molecular complexity index is 661. The molecule has 8 nitrogen and oxygen atoms in total. The number of nitro benzene ring substituents is 1. The predicted molar refractivity (Wildman–Crippen MR) is 62.7 cm³/mol. The first-order chi connectivity index (χ1) is 9.12. The summed E-state index contributed by atoms with van der Waals surface area (Å²) in [5.74, 6) is -5.05. The van der Waals surface area contributed by atoms with E-state index in [9.17, 15) is 32.1 Å². The number of sulfonamides is 1. The molecular formula is C9H8F2N2O6S. The molecule has 0 spiro atoms. The minimum atomic E-state index is -4.22. The van der Waals surface area contributed by atoms with Gasteiger partial charge in [0, 0.05) is 12.1 Å². The van der Waals surface area contributed by atoms with Crippen LogP contribution in [0.4, 0.5) is 20.2 Å². The molecule has 0 aliphatic carbocycles. The first-order valence-electron chi connectivity index (χ1n) is 4.98. The van der Waals surface area contributed by atoms with Crippen LogP contribution in [0.5, 0.6) is 0 Å². The van der Waals surface area contributed by atoms with Crippen LogP contribution in [0.15, 0.2) is 12.1 Å². The molecule has 0 amide bonds. The number of carboxylic acid groups (broad SMARTS) is 1. The van der Waals surface area contributed by atoms with Crippen LogP contribution in [0.25, 0.3) is 0 Å². The second-order valence-electron chi connectivity index (χ2n) is 3.61. The van der Waals surface area contributed by atoms with E-state index < -0.39 is 56.1 Å². The number of benzene rings is 1. The Hall–Kier alpha value is -2.30. The summed E-state index contributed by atoms with van der Waals surface area (Å²) < 4.78 is 50.8. The fourth-order valence-electron chi connectivity index (χ4n) is 1.20. The van der Waals surface area contributed by atoms with Crippen molar-refractivity contribution in [3.05, 3.63) is 33.9 Å². The van der Waals surface area contributed by atoms with Crippen LogP contribution < -0.4 is 4.72 Å². The lowest BCUT2D eigenvalue weighted by Gasteiger charge is -2.08. The van der Waals surface area contributed by atoms with Gasteiger partial charge in [-0.2, -0.15) is 4.39 Å². The van der Waals surface area contributed by atoms with Gasteiger partial charge >= 0.3 is 11.7 Å². The fourth-order valence-corrected chi connectivity index (χ4v) is 2.23. The van der Waals surface area contributed by atoms with Gasteiger partial charge in [0.2, 0.25) is 15.8 Å². The molecule has 0 aliphatic rings. The highest BCUT2D eigenvalue weighted by molar-refractivity contribution is 7.92. The first kappa shape index (κ1) is 15.8. The van der Waals surface area contributed by atoms with Crippen molar-refractivity contribution in [3.8, 4) is 0 Å². The molecule has 0 saturated carbocycles. The lowest BCUT2D eigenvalue weighted by Crippen LogP contribution is -2.19. The van der Waals surface area contributed by atoms with Gasteiger partial charge in [0.15, 0.2) is 5.82 Å². The monoisotopic (exact) mass is 310 g/mol. The van der Waals surface area contributed by atoms with E-state index in [4.69, 9.17) is 5.11 Å². The number of halogens is 2. The van der Waals surface area contributed by atoms with E-state index in [1.807, 2.05) is 0 Å². The minimum Gasteiger partial charge on any atom is -0.481 e. The van der Waals surface area contributed by atoms with E-state index >= 15 is 0 Å². The summed E-state index contributed by atoms with van der Waals surface area (Å²) in [6, 6.07) is 0.538. The second kappa shape index (κ2) is 5.77. The molecular weight excluding hydrogens is 302 g/mol. The van der Waals surface area contributed by atoms with Crippen LogP contribution in [0, 0.1) is 21.7 Å². The smallest absolute Gasteiger partial charge is 0.307 e. The summed E-state index contributed by atoms with van der Waals surface area (Å²) in [6.45, 7) is 0. The van der Waals surface area contributed by atoms with Crippen LogP contribution in [-0.4, -0.2) is 30.2 Å². The summed E-state index contributed by atoms with van der Waals surface area (Å²) in [5.41, 5.74) is -1.94. The van der Waals surface area contributed by atoms with E-state index in [-0.39, 0.29) is 6.07 Å². The Morgan fingerprint density at radius 3 is 2.45 bits per heavy atom. The first-order valence-corrected chi connectivity index (χ1v) is 6.63. The Labute approximate surface area is 111 Å². The third-order valence-corrected chi connectivity index (χ3v) is 3.36. The molecule has 0 radical (unpaired) electrons. The van der Waals surface area contributed by atoms with Crippen molar-refractivity contribution in [2.24, 2.45) is 0 Å². The maximum absolute atomic E-state index is 13.3. The molecule has 2 N–H and O–H groups in total. The summed E-state index contributed by atoms with van der Waals surface area (Å²) in [4.78, 5) is 19.6. The SMILES string of the molecule is O=C(O)CCS(=O)(=O)Nc1cc([N+](=O)[O-])c(F)cc1F. The maximum Gasteiger partial charge on any atom is 0.307 e. The van der Waals surface area contributed by atoms with E-state index in [2.05, 4.69) is 0 Å². The van der Waals surface area contributed by atoms with E-state index in [0.29, 0.717) is 6.07 Å². The number of hydrogen-bond acceptors (Lipinski definition) is 5. The van der Waals surface area contributed by atoms with Gasteiger partial charge in [0.1, 0.15) is 0 Å². The molecule has 0 bridgehead atoms. The van der Waals surface area contributed by atoms with Gasteiger partial charge in [0.05, 0.1) is 22.8 Å². The number of hydrogen-bond donors (Lipinski definition) is 2. The van der Waals surface area contributed by atoms with Gasteiger partial charge in [-0.05, 0) is 0 Å². The fraction of sp³-hybridized carbons (Fsp3) is 0.222. The lowest BCUT2D eigenvalue weighted by molar-refractivity contribution is -0.387. The largest absolute Gasteiger partial charge is 0.481 e. The zero-order chi connectivity index (χ0) is 15.5. The molecule has 11 heteroatoms. The zero-order valence-corrected chi connectivity index (χ0v) is 10.5. The number of anilines is 1. The summed E-state index contributed by atoms with van der Waals surface area (Å²) in [6.07, 6.45) is -0.736. The summed E-state index contributed by atoms with van der Waals surface area (Å²) >= 11 is 0. The van der Waals surface area contributed by atoms with Crippen molar-refractivity contribution in [1.29, 1.82) is 0 Å². The van der Waals surface area contributed by atoms with E-state index in [1.54, 1.807) is 4.72 Å². The molecule has 0 aromatic heterocycles. The highest BCUT2D eigenvalue weighted by Crippen LogP contribution is 2.25. The highest BCUT2D eigenvalue weighted by atomic mass is 32.2. The predicted octanol–water partition coefficient (Wildman–Crippen LogP) is 1.09. The molecule has 0 fully saturated rings. The number of rotatable bonds is 6. The van der Waals surface area contributed by atoms with Gasteiger partial charge in [-0.15, -0.1) is 0 Å². The lowest BCUT2D eigenvalue weighted by atomic mass is 10.2. The second-order valence-corrected chi connectivity index (χ2v) is 5.45. The third kappa shape index (κ3) is 4.12. The molecule has 1 aromatic carbocycles. The summed E-state index contributed by atoms with van der Waals surface area (Å²) in [5, 5.41) is 18.8. The Balaban J connectivity index is 3.06. The van der Waals surface area contributed by atoms with Gasteiger partial charge in [0.25, 0.3) is 0 Å². The Kier molecular flexibility index (Phi) is 4.55. The van der Waals surface area contributed by atoms with Crippen molar-refractivity contribution in [2.45, 2.75) is 6.42 Å². The highest BCUT2D eigenvalue weighted by Gasteiger charge is 2.21. The normalized spacial score (nSPS) is 11.1. The zero-order valence-electron chi connectivity index (χ0n) is 9.67. The third-order valence-electron chi connectivity index (χ3n) is 2.08. The Morgan fingerprint density at radius 1 is 1.35 bits per heavy atom. The number of carboxylic acids is 1. The molecule has 1 aromatic rings. The van der Waals surface area contributed by atoms with Crippen LogP contribution >= 0.6 is 0 Å². The molecule has 0 atom stereocenters. The van der Waals surface area contributed by atoms with Crippen molar-refractivity contribution in [3.63, 3.8) is 0 Å². The molecule has 20 heavy (non-hydrogen) atoms. The van der Waals surface area contributed by atoms with Gasteiger partial charge in [-0.3, -0.25) is 19.6 Å². The number of aliphatic carboxylic acids is 1. The van der Waals surface area contributed by atoms with Crippen LogP contribution in [-0.2, 0) is 14.8 Å². The number of nitrogens with one attached hydrogen (secondary N) is 1. The quantitative estimate of drug-likeness (QED) is 0.598. The van der Waals surface area contributed by atoms with Gasteiger partial charge < -0.3 is 5.11 Å².